The van der Waals surface area contributed by atoms with Gasteiger partial charge in [-0.1, -0.05) is 19.3 Å². The van der Waals surface area contributed by atoms with E-state index < -0.39 is 0 Å². The van der Waals surface area contributed by atoms with Crippen molar-refractivity contribution in [1.29, 1.82) is 0 Å². The van der Waals surface area contributed by atoms with Crippen molar-refractivity contribution in [2.24, 2.45) is 0 Å². The molecule has 2 amide bonds. The van der Waals surface area contributed by atoms with Crippen molar-refractivity contribution in [3.63, 3.8) is 0 Å². The summed E-state index contributed by atoms with van der Waals surface area (Å²) in [6.45, 7) is 0.577. The maximum Gasteiger partial charge on any atom is 0.317 e. The molecule has 1 N–H and O–H groups in total. The first-order valence-electron chi connectivity index (χ1n) is 6.72. The summed E-state index contributed by atoms with van der Waals surface area (Å²) in [5.41, 5.74) is 0. The van der Waals surface area contributed by atoms with Crippen LogP contribution >= 0.6 is 0 Å². The van der Waals surface area contributed by atoms with Crippen molar-refractivity contribution in [3.8, 4) is 0 Å². The minimum Gasteiger partial charge on any atom is -0.469 e. The summed E-state index contributed by atoms with van der Waals surface area (Å²) in [6, 6.07) is 0.293. The minimum absolute atomic E-state index is 0.0354. The second-order valence-electron chi connectivity index (χ2n) is 4.89. The van der Waals surface area contributed by atoms with Crippen LogP contribution in [0.25, 0.3) is 0 Å². The summed E-state index contributed by atoms with van der Waals surface area (Å²) >= 11 is 0. The zero-order valence-corrected chi connectivity index (χ0v) is 11.4. The van der Waals surface area contributed by atoms with Crippen molar-refractivity contribution in [2.45, 2.75) is 51.0 Å². The third kappa shape index (κ3) is 5.38. The highest BCUT2D eigenvalue weighted by molar-refractivity contribution is 5.74. The molecule has 0 aliphatic heterocycles. The molecule has 0 spiro atoms. The first-order valence-corrected chi connectivity index (χ1v) is 6.72. The number of rotatable bonds is 5. The molecular formula is C13H24N2O3. The number of nitrogens with zero attached hydrogens (tertiary/aromatic N) is 1. The van der Waals surface area contributed by atoms with Gasteiger partial charge in [0.05, 0.1) is 7.11 Å². The van der Waals surface area contributed by atoms with E-state index in [0.29, 0.717) is 25.4 Å². The SMILES string of the molecule is COC(=O)CCCN(C)C(=O)NC1CCCCC1. The van der Waals surface area contributed by atoms with Crippen LogP contribution < -0.4 is 5.32 Å². The highest BCUT2D eigenvalue weighted by Crippen LogP contribution is 2.17. The number of hydrogen-bond donors (Lipinski definition) is 1. The summed E-state index contributed by atoms with van der Waals surface area (Å²) in [5, 5.41) is 3.04. The number of ether oxygens (including phenoxy) is 1. The van der Waals surface area contributed by atoms with Crippen LogP contribution in [-0.4, -0.2) is 43.6 Å². The third-order valence-electron chi connectivity index (χ3n) is 3.38. The standard InChI is InChI=1S/C13H24N2O3/c1-15(10-6-9-12(16)18-2)13(17)14-11-7-4-3-5-8-11/h11H,3-10H2,1-2H3,(H,14,17). The molecule has 1 rings (SSSR count). The molecule has 1 saturated carbocycles. The molecule has 18 heavy (non-hydrogen) atoms. The number of hydrogen-bond acceptors (Lipinski definition) is 3. The van der Waals surface area contributed by atoms with E-state index in [2.05, 4.69) is 10.1 Å². The van der Waals surface area contributed by atoms with Gasteiger partial charge in [-0.2, -0.15) is 0 Å². The molecule has 0 aromatic rings. The molecule has 0 radical (unpaired) electrons. The lowest BCUT2D eigenvalue weighted by Gasteiger charge is -2.26. The van der Waals surface area contributed by atoms with Crippen LogP contribution in [0.3, 0.4) is 0 Å². The molecular weight excluding hydrogens is 232 g/mol. The monoisotopic (exact) mass is 256 g/mol. The number of carbonyl (C=O) groups is 2. The minimum atomic E-state index is -0.226. The van der Waals surface area contributed by atoms with Crippen LogP contribution in [-0.2, 0) is 9.53 Å². The topological polar surface area (TPSA) is 58.6 Å². The lowest BCUT2D eigenvalue weighted by molar-refractivity contribution is -0.140. The number of esters is 1. The second kappa shape index (κ2) is 7.95. The van der Waals surface area contributed by atoms with Gasteiger partial charge in [-0.15, -0.1) is 0 Å². The van der Waals surface area contributed by atoms with Gasteiger partial charge < -0.3 is 15.0 Å². The molecule has 0 aromatic carbocycles. The van der Waals surface area contributed by atoms with E-state index in [0.717, 1.165) is 12.8 Å². The van der Waals surface area contributed by atoms with Gasteiger partial charge in [0.15, 0.2) is 0 Å². The van der Waals surface area contributed by atoms with E-state index in [4.69, 9.17) is 0 Å². The second-order valence-corrected chi connectivity index (χ2v) is 4.89. The lowest BCUT2D eigenvalue weighted by atomic mass is 9.96. The Morgan fingerprint density at radius 2 is 1.94 bits per heavy atom. The highest BCUT2D eigenvalue weighted by atomic mass is 16.5. The average Bonchev–Trinajstić information content (AvgIpc) is 2.39. The smallest absolute Gasteiger partial charge is 0.317 e. The summed E-state index contributed by atoms with van der Waals surface area (Å²) in [4.78, 5) is 24.4. The Hall–Kier alpha value is -1.26. The Balaban J connectivity index is 2.17. The lowest BCUT2D eigenvalue weighted by Crippen LogP contribution is -2.44. The first kappa shape index (κ1) is 14.8. The van der Waals surface area contributed by atoms with Crippen LogP contribution in [0.1, 0.15) is 44.9 Å². The van der Waals surface area contributed by atoms with Crippen molar-refractivity contribution in [1.82, 2.24) is 10.2 Å². The van der Waals surface area contributed by atoms with Crippen molar-refractivity contribution in [3.05, 3.63) is 0 Å². The number of methoxy groups -OCH3 is 1. The molecule has 104 valence electrons. The molecule has 0 unspecified atom stereocenters. The van der Waals surface area contributed by atoms with Gasteiger partial charge in [0.2, 0.25) is 0 Å². The van der Waals surface area contributed by atoms with Crippen LogP contribution in [0, 0.1) is 0 Å². The molecule has 1 aliphatic rings. The molecule has 0 aromatic heterocycles. The van der Waals surface area contributed by atoms with E-state index in [1.165, 1.54) is 26.4 Å². The Labute approximate surface area is 109 Å². The van der Waals surface area contributed by atoms with Gasteiger partial charge in [0.25, 0.3) is 0 Å². The van der Waals surface area contributed by atoms with E-state index >= 15 is 0 Å². The summed E-state index contributed by atoms with van der Waals surface area (Å²) in [7, 11) is 3.14. The summed E-state index contributed by atoms with van der Waals surface area (Å²) < 4.78 is 4.56. The Morgan fingerprint density at radius 1 is 1.28 bits per heavy atom. The predicted octanol–water partition coefficient (Wildman–Crippen LogP) is 1.91. The van der Waals surface area contributed by atoms with E-state index in [-0.39, 0.29) is 12.0 Å². The third-order valence-corrected chi connectivity index (χ3v) is 3.38. The average molecular weight is 256 g/mol. The quantitative estimate of drug-likeness (QED) is 0.764. The fourth-order valence-corrected chi connectivity index (χ4v) is 2.20. The largest absolute Gasteiger partial charge is 0.469 e. The van der Waals surface area contributed by atoms with Crippen LogP contribution in [0.5, 0.6) is 0 Å². The zero-order valence-electron chi connectivity index (χ0n) is 11.4. The van der Waals surface area contributed by atoms with Gasteiger partial charge in [-0.3, -0.25) is 4.79 Å². The predicted molar refractivity (Wildman–Crippen MR) is 69.3 cm³/mol. The zero-order chi connectivity index (χ0) is 13.4. The van der Waals surface area contributed by atoms with Crippen molar-refractivity contribution < 1.29 is 14.3 Å². The Kier molecular flexibility index (Phi) is 6.54. The maximum atomic E-state index is 11.9. The highest BCUT2D eigenvalue weighted by Gasteiger charge is 2.17. The fourth-order valence-electron chi connectivity index (χ4n) is 2.20. The van der Waals surface area contributed by atoms with E-state index in [1.54, 1.807) is 11.9 Å². The van der Waals surface area contributed by atoms with Crippen LogP contribution in [0.15, 0.2) is 0 Å². The number of amides is 2. The van der Waals surface area contributed by atoms with Gasteiger partial charge in [-0.05, 0) is 19.3 Å². The van der Waals surface area contributed by atoms with Gasteiger partial charge >= 0.3 is 12.0 Å². The van der Waals surface area contributed by atoms with Crippen molar-refractivity contribution >= 4 is 12.0 Å². The molecule has 0 saturated heterocycles. The normalized spacial score (nSPS) is 16.1. The summed E-state index contributed by atoms with van der Waals surface area (Å²) in [6.07, 6.45) is 6.86. The van der Waals surface area contributed by atoms with Crippen LogP contribution in [0.2, 0.25) is 0 Å². The molecule has 1 aliphatic carbocycles. The van der Waals surface area contributed by atoms with Gasteiger partial charge in [-0.25, -0.2) is 4.79 Å². The van der Waals surface area contributed by atoms with E-state index in [9.17, 15) is 9.59 Å². The van der Waals surface area contributed by atoms with E-state index in [1.807, 2.05) is 0 Å². The van der Waals surface area contributed by atoms with Gasteiger partial charge in [0, 0.05) is 26.1 Å². The fraction of sp³-hybridized carbons (Fsp3) is 0.846. The molecule has 0 atom stereocenters. The number of urea groups is 1. The Bertz CT molecular complexity index is 275. The van der Waals surface area contributed by atoms with Crippen LogP contribution in [0.4, 0.5) is 4.79 Å². The van der Waals surface area contributed by atoms with Gasteiger partial charge in [0.1, 0.15) is 0 Å². The maximum absolute atomic E-state index is 11.9. The molecule has 1 fully saturated rings. The Morgan fingerprint density at radius 3 is 2.56 bits per heavy atom. The first-order chi connectivity index (χ1) is 8.63. The molecule has 5 nitrogen and oxygen atoms in total. The molecule has 0 bridgehead atoms. The molecule has 5 heteroatoms. The molecule has 0 heterocycles. The summed E-state index contributed by atoms with van der Waals surface area (Å²) in [5.74, 6) is -0.226. The number of carbonyl (C=O) groups excluding carboxylic acids is 2. The number of nitrogens with one attached hydrogen (secondary N) is 1. The van der Waals surface area contributed by atoms with Crippen molar-refractivity contribution in [2.75, 3.05) is 20.7 Å².